The van der Waals surface area contributed by atoms with E-state index in [2.05, 4.69) is 5.10 Å². The molecular weight excluding hydrogens is 264 g/mol. The first-order valence-electron chi connectivity index (χ1n) is 7.20. The van der Waals surface area contributed by atoms with Crippen LogP contribution in [0.4, 0.5) is 5.69 Å². The van der Waals surface area contributed by atoms with Gasteiger partial charge >= 0.3 is 0 Å². The molecule has 110 valence electrons. The summed E-state index contributed by atoms with van der Waals surface area (Å²) >= 11 is 0. The van der Waals surface area contributed by atoms with E-state index in [0.717, 1.165) is 29.8 Å². The van der Waals surface area contributed by atoms with Crippen LogP contribution in [0.25, 0.3) is 0 Å². The normalized spacial score (nSPS) is 14.2. The average Bonchev–Trinajstić information content (AvgIpc) is 3.22. The second-order valence-corrected chi connectivity index (χ2v) is 5.70. The highest BCUT2D eigenvalue weighted by Crippen LogP contribution is 2.30. The van der Waals surface area contributed by atoms with Crippen LogP contribution in [0.2, 0.25) is 0 Å². The molecule has 1 aromatic heterocycles. The van der Waals surface area contributed by atoms with Gasteiger partial charge in [0.25, 0.3) is 5.91 Å². The van der Waals surface area contributed by atoms with E-state index in [0.29, 0.717) is 18.3 Å². The molecule has 5 nitrogen and oxygen atoms in total. The third-order valence-corrected chi connectivity index (χ3v) is 3.80. The van der Waals surface area contributed by atoms with Crippen molar-refractivity contribution >= 4 is 11.6 Å². The smallest absolute Gasteiger partial charge is 0.272 e. The van der Waals surface area contributed by atoms with Gasteiger partial charge in [0.2, 0.25) is 0 Å². The summed E-state index contributed by atoms with van der Waals surface area (Å²) in [5, 5.41) is 4.27. The molecule has 1 fully saturated rings. The van der Waals surface area contributed by atoms with Gasteiger partial charge in [-0.15, -0.1) is 0 Å². The summed E-state index contributed by atoms with van der Waals surface area (Å²) in [6, 6.07) is 9.91. The summed E-state index contributed by atoms with van der Waals surface area (Å²) in [5.74, 6) is 0.0532. The number of nitrogens with zero attached hydrogens (tertiary/aromatic N) is 3. The van der Waals surface area contributed by atoms with Gasteiger partial charge in [-0.1, -0.05) is 12.1 Å². The topological polar surface area (TPSA) is 64.2 Å². The maximum Gasteiger partial charge on any atom is 0.272 e. The molecule has 0 saturated heterocycles. The van der Waals surface area contributed by atoms with Crippen LogP contribution in [0, 0.1) is 6.92 Å². The second kappa shape index (κ2) is 5.24. The Morgan fingerprint density at radius 2 is 2.05 bits per heavy atom. The minimum atomic E-state index is 0.0532. The Balaban J connectivity index is 1.83. The lowest BCUT2D eigenvalue weighted by Gasteiger charge is -2.22. The van der Waals surface area contributed by atoms with E-state index < -0.39 is 0 Å². The highest BCUT2D eigenvalue weighted by Gasteiger charge is 2.34. The molecule has 1 aromatic carbocycles. The Morgan fingerprint density at radius 3 is 2.57 bits per heavy atom. The van der Waals surface area contributed by atoms with Crippen LogP contribution >= 0.6 is 0 Å². The van der Waals surface area contributed by atoms with Crippen LogP contribution in [0.1, 0.15) is 34.6 Å². The fourth-order valence-corrected chi connectivity index (χ4v) is 2.53. The molecule has 3 rings (SSSR count). The van der Waals surface area contributed by atoms with Crippen molar-refractivity contribution in [1.82, 2.24) is 14.7 Å². The van der Waals surface area contributed by atoms with Crippen molar-refractivity contribution in [3.63, 3.8) is 0 Å². The third-order valence-electron chi connectivity index (χ3n) is 3.80. The van der Waals surface area contributed by atoms with E-state index in [1.165, 1.54) is 0 Å². The van der Waals surface area contributed by atoms with Crippen molar-refractivity contribution in [2.75, 3.05) is 5.73 Å². The van der Waals surface area contributed by atoms with Gasteiger partial charge in [-0.05, 0) is 43.5 Å². The van der Waals surface area contributed by atoms with Gasteiger partial charge in [0.1, 0.15) is 5.69 Å². The Bertz CT molecular complexity index is 655. The number of nitrogens with two attached hydrogens (primary N) is 1. The zero-order valence-electron chi connectivity index (χ0n) is 12.4. The molecule has 1 aliphatic rings. The molecule has 1 aliphatic carbocycles. The van der Waals surface area contributed by atoms with Crippen molar-refractivity contribution in [3.8, 4) is 0 Å². The van der Waals surface area contributed by atoms with Gasteiger partial charge in [0.15, 0.2) is 0 Å². The molecule has 0 aliphatic heterocycles. The minimum Gasteiger partial charge on any atom is -0.399 e. The average molecular weight is 284 g/mol. The van der Waals surface area contributed by atoms with Crippen molar-refractivity contribution < 1.29 is 4.79 Å². The molecule has 1 saturated carbocycles. The molecule has 0 radical (unpaired) electrons. The van der Waals surface area contributed by atoms with Gasteiger partial charge in [0.05, 0.1) is 5.69 Å². The van der Waals surface area contributed by atoms with Gasteiger partial charge < -0.3 is 10.6 Å². The van der Waals surface area contributed by atoms with Crippen LogP contribution in [0.5, 0.6) is 0 Å². The summed E-state index contributed by atoms with van der Waals surface area (Å²) in [6.45, 7) is 2.52. The van der Waals surface area contributed by atoms with Gasteiger partial charge in [-0.2, -0.15) is 5.10 Å². The second-order valence-electron chi connectivity index (χ2n) is 5.70. The van der Waals surface area contributed by atoms with Crippen molar-refractivity contribution in [1.29, 1.82) is 0 Å². The molecule has 21 heavy (non-hydrogen) atoms. The maximum absolute atomic E-state index is 12.8. The quantitative estimate of drug-likeness (QED) is 0.875. The number of hydrogen-bond donors (Lipinski definition) is 1. The SMILES string of the molecule is Cc1cc(C(=O)N(Cc2ccc(N)cc2)C2CC2)n(C)n1. The number of anilines is 1. The Hall–Kier alpha value is -2.30. The lowest BCUT2D eigenvalue weighted by molar-refractivity contribution is 0.0718. The number of carbonyl (C=O) groups excluding carboxylic acids is 1. The van der Waals surface area contributed by atoms with E-state index in [4.69, 9.17) is 5.73 Å². The Kier molecular flexibility index (Phi) is 3.41. The van der Waals surface area contributed by atoms with Crippen LogP contribution in [0.15, 0.2) is 30.3 Å². The molecule has 1 amide bonds. The summed E-state index contributed by atoms with van der Waals surface area (Å²) in [4.78, 5) is 14.7. The lowest BCUT2D eigenvalue weighted by Crippen LogP contribution is -2.33. The Morgan fingerprint density at radius 1 is 1.38 bits per heavy atom. The Labute approximate surface area is 124 Å². The summed E-state index contributed by atoms with van der Waals surface area (Å²) < 4.78 is 1.66. The van der Waals surface area contributed by atoms with Crippen molar-refractivity contribution in [3.05, 3.63) is 47.3 Å². The van der Waals surface area contributed by atoms with Crippen LogP contribution in [0.3, 0.4) is 0 Å². The summed E-state index contributed by atoms with van der Waals surface area (Å²) in [5.41, 5.74) is 9.07. The zero-order valence-corrected chi connectivity index (χ0v) is 12.4. The highest BCUT2D eigenvalue weighted by molar-refractivity contribution is 5.93. The number of carbonyl (C=O) groups is 1. The van der Waals surface area contributed by atoms with Gasteiger partial charge in [-0.3, -0.25) is 9.48 Å². The largest absolute Gasteiger partial charge is 0.399 e. The van der Waals surface area contributed by atoms with Crippen molar-refractivity contribution in [2.24, 2.45) is 7.05 Å². The van der Waals surface area contributed by atoms with Gasteiger partial charge in [0, 0.05) is 25.3 Å². The highest BCUT2D eigenvalue weighted by atomic mass is 16.2. The first-order chi connectivity index (χ1) is 10.0. The fraction of sp³-hybridized carbons (Fsp3) is 0.375. The van der Waals surface area contributed by atoms with Crippen LogP contribution in [-0.2, 0) is 13.6 Å². The van der Waals surface area contributed by atoms with E-state index >= 15 is 0 Å². The first kappa shape index (κ1) is 13.7. The standard InChI is InChI=1S/C16H20N4O/c1-11-9-15(19(2)18-11)16(21)20(14-7-8-14)10-12-3-5-13(17)6-4-12/h3-6,9,14H,7-8,10,17H2,1-2H3. The van der Waals surface area contributed by atoms with E-state index in [1.807, 2.05) is 49.2 Å². The van der Waals surface area contributed by atoms with Gasteiger partial charge in [-0.25, -0.2) is 0 Å². The number of rotatable bonds is 4. The predicted octanol–water partition coefficient (Wildman–Crippen LogP) is 2.12. The third kappa shape index (κ3) is 2.91. The molecule has 0 atom stereocenters. The summed E-state index contributed by atoms with van der Waals surface area (Å²) in [7, 11) is 1.81. The van der Waals surface area contributed by atoms with E-state index in [-0.39, 0.29) is 5.91 Å². The fourth-order valence-electron chi connectivity index (χ4n) is 2.53. The molecule has 2 N–H and O–H groups in total. The number of nitrogen functional groups attached to an aromatic ring is 1. The molecule has 0 unspecified atom stereocenters. The van der Waals surface area contributed by atoms with E-state index in [9.17, 15) is 4.79 Å². The molecule has 0 bridgehead atoms. The lowest BCUT2D eigenvalue weighted by atomic mass is 10.2. The van der Waals surface area contributed by atoms with Crippen LogP contribution < -0.4 is 5.73 Å². The molecule has 1 heterocycles. The molecule has 2 aromatic rings. The van der Waals surface area contributed by atoms with Crippen molar-refractivity contribution in [2.45, 2.75) is 32.4 Å². The number of amides is 1. The first-order valence-corrected chi connectivity index (χ1v) is 7.20. The number of aromatic nitrogens is 2. The zero-order chi connectivity index (χ0) is 15.0. The molecular formula is C16H20N4O. The number of aryl methyl sites for hydroxylation is 2. The van der Waals surface area contributed by atoms with E-state index in [1.54, 1.807) is 4.68 Å². The molecule has 0 spiro atoms. The predicted molar refractivity (Wildman–Crippen MR) is 81.7 cm³/mol. The molecule has 5 heteroatoms. The minimum absolute atomic E-state index is 0.0532. The number of benzene rings is 1. The maximum atomic E-state index is 12.8. The number of hydrogen-bond acceptors (Lipinski definition) is 3. The monoisotopic (exact) mass is 284 g/mol. The van der Waals surface area contributed by atoms with Crippen LogP contribution in [-0.4, -0.2) is 26.6 Å². The summed E-state index contributed by atoms with van der Waals surface area (Å²) in [6.07, 6.45) is 2.16.